The van der Waals surface area contributed by atoms with Crippen molar-refractivity contribution in [1.82, 2.24) is 10.3 Å². The number of aromatic nitrogens is 1. The van der Waals surface area contributed by atoms with Crippen molar-refractivity contribution in [3.63, 3.8) is 0 Å². The van der Waals surface area contributed by atoms with E-state index in [0.29, 0.717) is 12.0 Å². The van der Waals surface area contributed by atoms with Crippen LogP contribution < -0.4 is 5.32 Å². The minimum atomic E-state index is -1.07. The summed E-state index contributed by atoms with van der Waals surface area (Å²) < 4.78 is 0. The Bertz CT molecular complexity index is 656. The van der Waals surface area contributed by atoms with E-state index in [1.165, 1.54) is 0 Å². The third-order valence-corrected chi connectivity index (χ3v) is 3.29. The van der Waals surface area contributed by atoms with Crippen molar-refractivity contribution in [2.24, 2.45) is 0 Å². The average molecular weight is 298 g/mol. The van der Waals surface area contributed by atoms with Crippen molar-refractivity contribution in [2.75, 3.05) is 0 Å². The Labute approximate surface area is 129 Å². The highest BCUT2D eigenvalue weighted by Gasteiger charge is 2.21. The average Bonchev–Trinajstić information content (AvgIpc) is 2.51. The molecule has 1 atom stereocenters. The highest BCUT2D eigenvalue weighted by atomic mass is 16.4. The van der Waals surface area contributed by atoms with Crippen LogP contribution >= 0.6 is 0 Å². The molecule has 22 heavy (non-hydrogen) atoms. The van der Waals surface area contributed by atoms with Crippen LogP contribution in [0.25, 0.3) is 0 Å². The first-order valence-corrected chi connectivity index (χ1v) is 7.04. The van der Waals surface area contributed by atoms with Gasteiger partial charge in [0.05, 0.1) is 0 Å². The highest BCUT2D eigenvalue weighted by Crippen LogP contribution is 2.15. The molecule has 0 aliphatic heterocycles. The topological polar surface area (TPSA) is 79.3 Å². The summed E-state index contributed by atoms with van der Waals surface area (Å²) in [5.74, 6) is -1.36. The standard InChI is InChI=1S/C17H18N2O3/c1-12-4-2-6-14(10-12)16(17(21)22)19-15(20)8-7-13-5-3-9-18-11-13/h2-6,9-11,16H,7-8H2,1H3,(H,19,20)(H,21,22). The van der Waals surface area contributed by atoms with E-state index in [-0.39, 0.29) is 12.3 Å². The molecule has 0 fully saturated rings. The lowest BCUT2D eigenvalue weighted by Crippen LogP contribution is -2.33. The Morgan fingerprint density at radius 1 is 1.27 bits per heavy atom. The van der Waals surface area contributed by atoms with Crippen LogP contribution in [0.1, 0.15) is 29.2 Å². The van der Waals surface area contributed by atoms with Gasteiger partial charge in [-0.25, -0.2) is 4.79 Å². The van der Waals surface area contributed by atoms with E-state index in [1.807, 2.05) is 19.1 Å². The normalized spacial score (nSPS) is 11.7. The minimum absolute atomic E-state index is 0.224. The van der Waals surface area contributed by atoms with Crippen molar-refractivity contribution in [1.29, 1.82) is 0 Å². The zero-order chi connectivity index (χ0) is 15.9. The molecule has 5 heteroatoms. The number of carbonyl (C=O) groups is 2. The Hall–Kier alpha value is -2.69. The molecule has 2 rings (SSSR count). The molecule has 1 aromatic carbocycles. The zero-order valence-corrected chi connectivity index (χ0v) is 12.3. The number of amides is 1. The summed E-state index contributed by atoms with van der Waals surface area (Å²) in [6.07, 6.45) is 4.12. The van der Waals surface area contributed by atoms with Gasteiger partial charge in [0.25, 0.3) is 0 Å². The number of nitrogens with zero attached hydrogens (tertiary/aromatic N) is 1. The SMILES string of the molecule is Cc1cccc(C(NC(=O)CCc2cccnc2)C(=O)O)c1. The third kappa shape index (κ3) is 4.41. The number of aryl methyl sites for hydroxylation is 2. The number of hydrogen-bond acceptors (Lipinski definition) is 3. The van der Waals surface area contributed by atoms with Crippen LogP contribution in [-0.4, -0.2) is 22.0 Å². The first-order valence-electron chi connectivity index (χ1n) is 7.04. The van der Waals surface area contributed by atoms with Gasteiger partial charge in [-0.3, -0.25) is 9.78 Å². The van der Waals surface area contributed by atoms with Crippen LogP contribution in [0.15, 0.2) is 48.8 Å². The fraction of sp³-hybridized carbons (Fsp3) is 0.235. The molecule has 0 radical (unpaired) electrons. The van der Waals surface area contributed by atoms with Crippen LogP contribution in [-0.2, 0) is 16.0 Å². The number of hydrogen-bond donors (Lipinski definition) is 2. The molecule has 0 spiro atoms. The Balaban J connectivity index is 1.99. The van der Waals surface area contributed by atoms with E-state index in [1.54, 1.807) is 36.7 Å². The van der Waals surface area contributed by atoms with Crippen molar-refractivity contribution in [2.45, 2.75) is 25.8 Å². The van der Waals surface area contributed by atoms with Crippen LogP contribution in [0.3, 0.4) is 0 Å². The number of carboxylic acid groups (broad SMARTS) is 1. The molecule has 1 amide bonds. The number of pyridine rings is 1. The second-order valence-electron chi connectivity index (χ2n) is 5.11. The molecular formula is C17H18N2O3. The maximum Gasteiger partial charge on any atom is 0.330 e. The number of nitrogens with one attached hydrogen (secondary N) is 1. The van der Waals surface area contributed by atoms with Crippen molar-refractivity contribution in [3.05, 3.63) is 65.5 Å². The molecule has 0 saturated carbocycles. The van der Waals surface area contributed by atoms with Crippen molar-refractivity contribution in [3.8, 4) is 0 Å². The van der Waals surface area contributed by atoms with Gasteiger partial charge in [-0.05, 0) is 30.5 Å². The maximum atomic E-state index is 12.0. The number of rotatable bonds is 6. The fourth-order valence-electron chi connectivity index (χ4n) is 2.17. The molecule has 0 saturated heterocycles. The second-order valence-corrected chi connectivity index (χ2v) is 5.11. The van der Waals surface area contributed by atoms with Crippen LogP contribution in [0.2, 0.25) is 0 Å². The summed E-state index contributed by atoms with van der Waals surface area (Å²) in [5.41, 5.74) is 2.47. The molecule has 5 nitrogen and oxygen atoms in total. The molecule has 114 valence electrons. The number of carbonyl (C=O) groups excluding carboxylic acids is 1. The molecule has 0 bridgehead atoms. The summed E-state index contributed by atoms with van der Waals surface area (Å²) in [6, 6.07) is 9.79. The van der Waals surface area contributed by atoms with Gasteiger partial charge < -0.3 is 10.4 Å². The molecular weight excluding hydrogens is 280 g/mol. The van der Waals surface area contributed by atoms with Gasteiger partial charge in [-0.15, -0.1) is 0 Å². The van der Waals surface area contributed by atoms with E-state index in [2.05, 4.69) is 10.3 Å². The molecule has 2 N–H and O–H groups in total. The maximum absolute atomic E-state index is 12.0. The van der Waals surface area contributed by atoms with Gasteiger partial charge in [-0.1, -0.05) is 35.9 Å². The number of benzene rings is 1. The van der Waals surface area contributed by atoms with Gasteiger partial charge in [0.2, 0.25) is 5.91 Å². The predicted molar refractivity (Wildman–Crippen MR) is 82.3 cm³/mol. The second kappa shape index (κ2) is 7.36. The Morgan fingerprint density at radius 2 is 2.09 bits per heavy atom. The van der Waals surface area contributed by atoms with Gasteiger partial charge in [0.1, 0.15) is 0 Å². The molecule has 0 aliphatic carbocycles. The minimum Gasteiger partial charge on any atom is -0.479 e. The lowest BCUT2D eigenvalue weighted by Gasteiger charge is -2.15. The summed E-state index contributed by atoms with van der Waals surface area (Å²) in [6.45, 7) is 1.88. The van der Waals surface area contributed by atoms with Crippen molar-refractivity contribution < 1.29 is 14.7 Å². The van der Waals surface area contributed by atoms with Gasteiger partial charge >= 0.3 is 5.97 Å². The van der Waals surface area contributed by atoms with Crippen LogP contribution in [0.5, 0.6) is 0 Å². The highest BCUT2D eigenvalue weighted by molar-refractivity contribution is 5.84. The predicted octanol–water partition coefficient (Wildman–Crippen LogP) is 2.26. The molecule has 2 aromatic rings. The molecule has 0 aliphatic rings. The first kappa shape index (κ1) is 15.7. The third-order valence-electron chi connectivity index (χ3n) is 3.29. The summed E-state index contributed by atoms with van der Waals surface area (Å²) in [5, 5.41) is 11.9. The summed E-state index contributed by atoms with van der Waals surface area (Å²) >= 11 is 0. The largest absolute Gasteiger partial charge is 0.479 e. The quantitative estimate of drug-likeness (QED) is 0.857. The molecule has 1 heterocycles. The van der Waals surface area contributed by atoms with Gasteiger partial charge in [-0.2, -0.15) is 0 Å². The van der Waals surface area contributed by atoms with Crippen molar-refractivity contribution >= 4 is 11.9 Å². The smallest absolute Gasteiger partial charge is 0.330 e. The van der Waals surface area contributed by atoms with E-state index >= 15 is 0 Å². The van der Waals surface area contributed by atoms with E-state index in [9.17, 15) is 14.7 Å². The van der Waals surface area contributed by atoms with E-state index < -0.39 is 12.0 Å². The van der Waals surface area contributed by atoms with Crippen LogP contribution in [0.4, 0.5) is 0 Å². The zero-order valence-electron chi connectivity index (χ0n) is 12.3. The lowest BCUT2D eigenvalue weighted by atomic mass is 10.0. The molecule has 1 aromatic heterocycles. The fourth-order valence-corrected chi connectivity index (χ4v) is 2.17. The summed E-state index contributed by atoms with van der Waals surface area (Å²) in [7, 11) is 0. The Morgan fingerprint density at radius 3 is 2.73 bits per heavy atom. The number of aliphatic carboxylic acids is 1. The Kier molecular flexibility index (Phi) is 5.25. The lowest BCUT2D eigenvalue weighted by molar-refractivity contribution is -0.142. The summed E-state index contributed by atoms with van der Waals surface area (Å²) in [4.78, 5) is 27.4. The number of carboxylic acids is 1. The first-order chi connectivity index (χ1) is 10.6. The van der Waals surface area contributed by atoms with Gasteiger partial charge in [0.15, 0.2) is 6.04 Å². The van der Waals surface area contributed by atoms with Gasteiger partial charge in [0, 0.05) is 18.8 Å². The van der Waals surface area contributed by atoms with E-state index in [0.717, 1.165) is 11.1 Å². The molecule has 1 unspecified atom stereocenters. The van der Waals surface area contributed by atoms with E-state index in [4.69, 9.17) is 0 Å². The van der Waals surface area contributed by atoms with Crippen LogP contribution in [0, 0.1) is 6.92 Å². The monoisotopic (exact) mass is 298 g/mol.